The largest absolute Gasteiger partial charge is 0.382 e. The molecule has 94 valence electrons. The number of amidine groups is 1. The molecule has 0 radical (unpaired) electrons. The number of pyridine rings is 1. The normalized spacial score (nSPS) is 10.7. The Hall–Kier alpha value is -2.69. The molecule has 5 heteroatoms. The SMILES string of the molecule is N=C(N)c1cc(Cn2ncc3ccccc32)ccn1. The van der Waals surface area contributed by atoms with Crippen molar-refractivity contribution in [1.82, 2.24) is 14.8 Å². The minimum Gasteiger partial charge on any atom is -0.382 e. The van der Waals surface area contributed by atoms with E-state index < -0.39 is 0 Å². The summed E-state index contributed by atoms with van der Waals surface area (Å²) >= 11 is 0. The first-order valence-corrected chi connectivity index (χ1v) is 5.94. The van der Waals surface area contributed by atoms with Crippen molar-refractivity contribution in [1.29, 1.82) is 5.41 Å². The second-order valence-electron chi connectivity index (χ2n) is 4.32. The van der Waals surface area contributed by atoms with Crippen LogP contribution in [0.25, 0.3) is 10.9 Å². The minimum atomic E-state index is -0.0211. The van der Waals surface area contributed by atoms with Gasteiger partial charge in [-0.15, -0.1) is 0 Å². The molecule has 0 atom stereocenters. The van der Waals surface area contributed by atoms with Gasteiger partial charge in [0, 0.05) is 11.6 Å². The molecule has 0 aliphatic rings. The predicted molar refractivity (Wildman–Crippen MR) is 74.1 cm³/mol. The van der Waals surface area contributed by atoms with Gasteiger partial charge in [0.25, 0.3) is 0 Å². The Bertz CT molecular complexity index is 744. The third kappa shape index (κ3) is 2.18. The van der Waals surface area contributed by atoms with E-state index in [0.717, 1.165) is 16.5 Å². The first-order chi connectivity index (χ1) is 9.24. The highest BCUT2D eigenvalue weighted by Gasteiger charge is 2.04. The van der Waals surface area contributed by atoms with Gasteiger partial charge in [0.2, 0.25) is 0 Å². The molecule has 0 bridgehead atoms. The molecule has 3 rings (SSSR count). The minimum absolute atomic E-state index is 0.0211. The molecule has 0 aliphatic heterocycles. The van der Waals surface area contributed by atoms with Gasteiger partial charge in [0.1, 0.15) is 11.5 Å². The van der Waals surface area contributed by atoms with Crippen LogP contribution in [0.2, 0.25) is 0 Å². The van der Waals surface area contributed by atoms with Gasteiger partial charge in [-0.3, -0.25) is 15.1 Å². The molecule has 2 aromatic heterocycles. The van der Waals surface area contributed by atoms with Crippen LogP contribution in [0.1, 0.15) is 11.3 Å². The van der Waals surface area contributed by atoms with E-state index in [2.05, 4.69) is 10.1 Å². The summed E-state index contributed by atoms with van der Waals surface area (Å²) in [4.78, 5) is 4.05. The van der Waals surface area contributed by atoms with Crippen molar-refractivity contribution in [3.63, 3.8) is 0 Å². The zero-order valence-electron chi connectivity index (χ0n) is 10.2. The summed E-state index contributed by atoms with van der Waals surface area (Å²) in [5.41, 5.74) is 8.05. The number of hydrogen-bond donors (Lipinski definition) is 2. The van der Waals surface area contributed by atoms with E-state index >= 15 is 0 Å². The van der Waals surface area contributed by atoms with Crippen molar-refractivity contribution in [3.8, 4) is 0 Å². The second-order valence-corrected chi connectivity index (χ2v) is 4.32. The Morgan fingerprint density at radius 1 is 1.26 bits per heavy atom. The summed E-state index contributed by atoms with van der Waals surface area (Å²) in [6.07, 6.45) is 3.51. The van der Waals surface area contributed by atoms with Crippen LogP contribution < -0.4 is 5.73 Å². The maximum Gasteiger partial charge on any atom is 0.141 e. The Morgan fingerprint density at radius 2 is 2.11 bits per heavy atom. The molecule has 1 aromatic carbocycles. The molecule has 19 heavy (non-hydrogen) atoms. The van der Waals surface area contributed by atoms with Crippen LogP contribution in [0.5, 0.6) is 0 Å². The number of rotatable bonds is 3. The van der Waals surface area contributed by atoms with Crippen LogP contribution >= 0.6 is 0 Å². The lowest BCUT2D eigenvalue weighted by Gasteiger charge is -2.05. The van der Waals surface area contributed by atoms with Crippen LogP contribution in [0.3, 0.4) is 0 Å². The number of nitrogen functional groups attached to an aromatic ring is 1. The molecule has 0 fully saturated rings. The van der Waals surface area contributed by atoms with E-state index in [9.17, 15) is 0 Å². The average molecular weight is 251 g/mol. The highest BCUT2D eigenvalue weighted by atomic mass is 15.3. The number of fused-ring (bicyclic) bond motifs is 1. The summed E-state index contributed by atoms with van der Waals surface area (Å²) in [5, 5.41) is 12.9. The van der Waals surface area contributed by atoms with Crippen LogP contribution in [0.15, 0.2) is 48.8 Å². The summed E-state index contributed by atoms with van der Waals surface area (Å²) in [6, 6.07) is 11.8. The second kappa shape index (κ2) is 4.53. The lowest BCUT2D eigenvalue weighted by molar-refractivity contribution is 0.711. The molecular formula is C14H13N5. The zero-order valence-corrected chi connectivity index (χ0v) is 10.2. The summed E-state index contributed by atoms with van der Waals surface area (Å²) < 4.78 is 1.93. The van der Waals surface area contributed by atoms with E-state index in [1.807, 2.05) is 47.3 Å². The molecule has 3 N–H and O–H groups in total. The Kier molecular flexibility index (Phi) is 2.72. The highest BCUT2D eigenvalue weighted by molar-refractivity contribution is 5.93. The fourth-order valence-corrected chi connectivity index (χ4v) is 2.04. The van der Waals surface area contributed by atoms with Crippen LogP contribution in [-0.4, -0.2) is 20.6 Å². The van der Waals surface area contributed by atoms with Crippen LogP contribution in [0.4, 0.5) is 0 Å². The molecule has 0 amide bonds. The van der Waals surface area contributed by atoms with Crippen molar-refractivity contribution in [2.24, 2.45) is 5.73 Å². The van der Waals surface area contributed by atoms with Crippen molar-refractivity contribution < 1.29 is 0 Å². The first-order valence-electron chi connectivity index (χ1n) is 5.94. The van der Waals surface area contributed by atoms with Crippen molar-refractivity contribution in [2.45, 2.75) is 6.54 Å². The van der Waals surface area contributed by atoms with Gasteiger partial charge in [-0.1, -0.05) is 18.2 Å². The van der Waals surface area contributed by atoms with E-state index in [1.165, 1.54) is 0 Å². The lowest BCUT2D eigenvalue weighted by atomic mass is 10.2. The quantitative estimate of drug-likeness (QED) is 0.550. The standard InChI is InChI=1S/C14H13N5/c15-14(16)12-7-10(5-6-17-12)9-19-13-4-2-1-3-11(13)8-18-19/h1-8H,9H2,(H3,15,16). The Morgan fingerprint density at radius 3 is 2.95 bits per heavy atom. The molecular weight excluding hydrogens is 238 g/mol. The number of nitrogens with one attached hydrogen (secondary N) is 1. The molecule has 0 aliphatic carbocycles. The number of nitrogens with zero attached hydrogens (tertiary/aromatic N) is 3. The van der Waals surface area contributed by atoms with Gasteiger partial charge in [0.15, 0.2) is 0 Å². The van der Waals surface area contributed by atoms with Gasteiger partial charge < -0.3 is 5.73 Å². The van der Waals surface area contributed by atoms with Gasteiger partial charge >= 0.3 is 0 Å². The highest BCUT2D eigenvalue weighted by Crippen LogP contribution is 2.14. The zero-order chi connectivity index (χ0) is 13.2. The average Bonchev–Trinajstić information content (AvgIpc) is 2.83. The van der Waals surface area contributed by atoms with Crippen molar-refractivity contribution >= 4 is 16.7 Å². The molecule has 0 saturated heterocycles. The fraction of sp³-hybridized carbons (Fsp3) is 0.0714. The molecule has 0 spiro atoms. The van der Waals surface area contributed by atoms with E-state index in [1.54, 1.807) is 6.20 Å². The van der Waals surface area contributed by atoms with E-state index in [-0.39, 0.29) is 5.84 Å². The number of para-hydroxylation sites is 1. The first kappa shape index (κ1) is 11.4. The van der Waals surface area contributed by atoms with Crippen LogP contribution in [0, 0.1) is 5.41 Å². The van der Waals surface area contributed by atoms with E-state index in [0.29, 0.717) is 12.2 Å². The predicted octanol–water partition coefficient (Wildman–Crippen LogP) is 1.76. The topological polar surface area (TPSA) is 80.6 Å². The number of nitrogens with two attached hydrogens (primary N) is 1. The lowest BCUT2D eigenvalue weighted by Crippen LogP contribution is -2.13. The van der Waals surface area contributed by atoms with E-state index in [4.69, 9.17) is 11.1 Å². The molecule has 3 aromatic rings. The number of hydrogen-bond acceptors (Lipinski definition) is 3. The monoisotopic (exact) mass is 251 g/mol. The number of aromatic nitrogens is 3. The summed E-state index contributed by atoms with van der Waals surface area (Å²) in [5.74, 6) is -0.0211. The summed E-state index contributed by atoms with van der Waals surface area (Å²) in [6.45, 7) is 0.635. The molecule has 5 nitrogen and oxygen atoms in total. The van der Waals surface area contributed by atoms with Gasteiger partial charge in [-0.2, -0.15) is 5.10 Å². The molecule has 0 saturated carbocycles. The van der Waals surface area contributed by atoms with Gasteiger partial charge in [-0.25, -0.2) is 0 Å². The maximum absolute atomic E-state index is 7.41. The van der Waals surface area contributed by atoms with Crippen molar-refractivity contribution in [3.05, 3.63) is 60.0 Å². The summed E-state index contributed by atoms with van der Waals surface area (Å²) in [7, 11) is 0. The smallest absolute Gasteiger partial charge is 0.141 e. The van der Waals surface area contributed by atoms with Crippen LogP contribution in [-0.2, 0) is 6.54 Å². The third-order valence-corrected chi connectivity index (χ3v) is 2.98. The molecule has 2 heterocycles. The molecule has 0 unspecified atom stereocenters. The Labute approximate surface area is 110 Å². The number of benzene rings is 1. The van der Waals surface area contributed by atoms with Gasteiger partial charge in [0.05, 0.1) is 18.3 Å². The third-order valence-electron chi connectivity index (χ3n) is 2.98. The fourth-order valence-electron chi connectivity index (χ4n) is 2.04. The Balaban J connectivity index is 1.97. The van der Waals surface area contributed by atoms with Gasteiger partial charge in [-0.05, 0) is 23.8 Å². The maximum atomic E-state index is 7.41. The van der Waals surface area contributed by atoms with Crippen molar-refractivity contribution in [2.75, 3.05) is 0 Å².